The molecule has 0 amide bonds. The molecule has 0 rings (SSSR count). The summed E-state index contributed by atoms with van der Waals surface area (Å²) in [5.41, 5.74) is 5.41. The van der Waals surface area contributed by atoms with E-state index in [2.05, 4.69) is 17.4 Å². The summed E-state index contributed by atoms with van der Waals surface area (Å²) in [6.45, 7) is 4.96. The van der Waals surface area contributed by atoms with Crippen LogP contribution in [0.1, 0.15) is 26.7 Å². The third-order valence-corrected chi connectivity index (χ3v) is 1.52. The molecule has 0 spiro atoms. The van der Waals surface area contributed by atoms with Gasteiger partial charge in [0.1, 0.15) is 0 Å². The molecule has 0 heterocycles. The minimum atomic E-state index is 0.0138. The van der Waals surface area contributed by atoms with E-state index in [-0.39, 0.29) is 11.9 Å². The van der Waals surface area contributed by atoms with Crippen LogP contribution in [0.3, 0.4) is 0 Å². The molecular formula is C7H17N3O. The molecule has 0 saturated heterocycles. The Balaban J connectivity index is 3.75. The van der Waals surface area contributed by atoms with Gasteiger partial charge in [0, 0.05) is 0 Å². The number of nitrogens with two attached hydrogens (primary N) is 1. The van der Waals surface area contributed by atoms with Crippen LogP contribution in [-0.4, -0.2) is 23.6 Å². The Morgan fingerprint density at radius 1 is 1.64 bits per heavy atom. The van der Waals surface area contributed by atoms with Crippen LogP contribution in [-0.2, 0) is 0 Å². The Kier molecular flexibility index (Phi) is 5.56. The molecule has 11 heavy (non-hydrogen) atoms. The summed E-state index contributed by atoms with van der Waals surface area (Å²) in [6, 6.07) is 0.0138. The molecule has 0 bridgehead atoms. The largest absolute Gasteiger partial charge is 0.409 e. The highest BCUT2D eigenvalue weighted by molar-refractivity contribution is 5.85. The molecule has 0 aliphatic rings. The fourth-order valence-electron chi connectivity index (χ4n) is 0.846. The minimum absolute atomic E-state index is 0.0138. The first kappa shape index (κ1) is 10.2. The van der Waals surface area contributed by atoms with Crippen LogP contribution < -0.4 is 11.1 Å². The van der Waals surface area contributed by atoms with E-state index < -0.39 is 0 Å². The van der Waals surface area contributed by atoms with Crippen molar-refractivity contribution >= 4 is 5.84 Å². The van der Waals surface area contributed by atoms with Gasteiger partial charge in [-0.1, -0.05) is 19.0 Å². The van der Waals surface area contributed by atoms with Gasteiger partial charge in [0.05, 0.1) is 6.04 Å². The fraction of sp³-hybridized carbons (Fsp3) is 0.857. The zero-order chi connectivity index (χ0) is 8.69. The predicted molar refractivity (Wildman–Crippen MR) is 45.8 cm³/mol. The second kappa shape index (κ2) is 5.97. The number of hydrogen-bond acceptors (Lipinski definition) is 3. The average Bonchev–Trinajstić information content (AvgIpc) is 2.05. The summed E-state index contributed by atoms with van der Waals surface area (Å²) in [7, 11) is 0. The van der Waals surface area contributed by atoms with E-state index in [0.29, 0.717) is 0 Å². The standard InChI is InChI=1S/C7H17N3O/c1-3-5-9-6(4-2)7(8)10-11/h6,9,11H,3-5H2,1-2H3,(H2,8,10). The maximum Gasteiger partial charge on any atom is 0.156 e. The van der Waals surface area contributed by atoms with Gasteiger partial charge in [0.2, 0.25) is 0 Å². The summed E-state index contributed by atoms with van der Waals surface area (Å²) in [4.78, 5) is 0. The molecular weight excluding hydrogens is 142 g/mol. The van der Waals surface area contributed by atoms with Crippen molar-refractivity contribution in [2.24, 2.45) is 10.9 Å². The molecule has 66 valence electrons. The van der Waals surface area contributed by atoms with Crippen LogP contribution in [0.5, 0.6) is 0 Å². The summed E-state index contributed by atoms with van der Waals surface area (Å²) in [6.07, 6.45) is 1.89. The number of hydrogen-bond donors (Lipinski definition) is 3. The van der Waals surface area contributed by atoms with Crippen molar-refractivity contribution in [3.8, 4) is 0 Å². The predicted octanol–water partition coefficient (Wildman–Crippen LogP) is 0.511. The molecule has 1 unspecified atom stereocenters. The van der Waals surface area contributed by atoms with E-state index in [1.54, 1.807) is 0 Å². The van der Waals surface area contributed by atoms with E-state index in [9.17, 15) is 0 Å². The van der Waals surface area contributed by atoms with Gasteiger partial charge in [-0.25, -0.2) is 0 Å². The molecule has 0 radical (unpaired) electrons. The lowest BCUT2D eigenvalue weighted by Gasteiger charge is -2.13. The first-order valence-electron chi connectivity index (χ1n) is 3.97. The highest BCUT2D eigenvalue weighted by atomic mass is 16.4. The molecule has 0 saturated carbocycles. The van der Waals surface area contributed by atoms with E-state index >= 15 is 0 Å². The van der Waals surface area contributed by atoms with Crippen LogP contribution in [0.25, 0.3) is 0 Å². The second-order valence-corrected chi connectivity index (χ2v) is 2.44. The molecule has 0 aromatic carbocycles. The van der Waals surface area contributed by atoms with Gasteiger partial charge in [0.25, 0.3) is 0 Å². The van der Waals surface area contributed by atoms with Crippen molar-refractivity contribution in [2.75, 3.05) is 6.54 Å². The van der Waals surface area contributed by atoms with Crippen LogP contribution in [0.4, 0.5) is 0 Å². The number of nitrogens with one attached hydrogen (secondary N) is 1. The Hall–Kier alpha value is -0.770. The zero-order valence-corrected chi connectivity index (χ0v) is 7.17. The summed E-state index contributed by atoms with van der Waals surface area (Å²) >= 11 is 0. The van der Waals surface area contributed by atoms with Gasteiger partial charge < -0.3 is 16.3 Å². The smallest absolute Gasteiger partial charge is 0.156 e. The van der Waals surface area contributed by atoms with Gasteiger partial charge in [-0.05, 0) is 19.4 Å². The van der Waals surface area contributed by atoms with Crippen molar-refractivity contribution in [1.82, 2.24) is 5.32 Å². The lowest BCUT2D eigenvalue weighted by Crippen LogP contribution is -2.41. The minimum Gasteiger partial charge on any atom is -0.409 e. The third-order valence-electron chi connectivity index (χ3n) is 1.52. The van der Waals surface area contributed by atoms with Crippen molar-refractivity contribution in [2.45, 2.75) is 32.7 Å². The van der Waals surface area contributed by atoms with Crippen LogP contribution in [0.15, 0.2) is 5.16 Å². The van der Waals surface area contributed by atoms with Crippen molar-refractivity contribution < 1.29 is 5.21 Å². The molecule has 0 fully saturated rings. The molecule has 0 aliphatic carbocycles. The quantitative estimate of drug-likeness (QED) is 0.237. The van der Waals surface area contributed by atoms with Gasteiger partial charge in [0.15, 0.2) is 5.84 Å². The molecule has 0 aromatic rings. The first-order valence-corrected chi connectivity index (χ1v) is 3.97. The Bertz CT molecular complexity index is 125. The van der Waals surface area contributed by atoms with Crippen molar-refractivity contribution in [1.29, 1.82) is 0 Å². The second-order valence-electron chi connectivity index (χ2n) is 2.44. The van der Waals surface area contributed by atoms with Gasteiger partial charge >= 0.3 is 0 Å². The molecule has 4 N–H and O–H groups in total. The molecule has 4 nitrogen and oxygen atoms in total. The fourth-order valence-corrected chi connectivity index (χ4v) is 0.846. The average molecular weight is 159 g/mol. The Morgan fingerprint density at radius 3 is 2.64 bits per heavy atom. The van der Waals surface area contributed by atoms with Gasteiger partial charge in [-0.3, -0.25) is 0 Å². The summed E-state index contributed by atoms with van der Waals surface area (Å²) in [5.74, 6) is 0.265. The zero-order valence-electron chi connectivity index (χ0n) is 7.17. The van der Waals surface area contributed by atoms with E-state index in [4.69, 9.17) is 10.9 Å². The highest BCUT2D eigenvalue weighted by Crippen LogP contribution is 1.90. The molecule has 0 aliphatic heterocycles. The molecule has 4 heteroatoms. The van der Waals surface area contributed by atoms with E-state index in [1.807, 2.05) is 6.92 Å². The lowest BCUT2D eigenvalue weighted by molar-refractivity contribution is 0.314. The number of oxime groups is 1. The Morgan fingerprint density at radius 2 is 2.27 bits per heavy atom. The summed E-state index contributed by atoms with van der Waals surface area (Å²) in [5, 5.41) is 14.5. The van der Waals surface area contributed by atoms with Crippen molar-refractivity contribution in [3.05, 3.63) is 0 Å². The third kappa shape index (κ3) is 3.83. The lowest BCUT2D eigenvalue weighted by atomic mass is 10.2. The van der Waals surface area contributed by atoms with Crippen LogP contribution >= 0.6 is 0 Å². The van der Waals surface area contributed by atoms with Crippen molar-refractivity contribution in [3.63, 3.8) is 0 Å². The maximum atomic E-state index is 8.36. The highest BCUT2D eigenvalue weighted by Gasteiger charge is 2.08. The number of amidine groups is 1. The molecule has 1 atom stereocenters. The van der Waals surface area contributed by atoms with Gasteiger partial charge in [-0.2, -0.15) is 0 Å². The van der Waals surface area contributed by atoms with Crippen LogP contribution in [0.2, 0.25) is 0 Å². The monoisotopic (exact) mass is 159 g/mol. The number of rotatable bonds is 5. The topological polar surface area (TPSA) is 70.6 Å². The van der Waals surface area contributed by atoms with E-state index in [1.165, 1.54) is 0 Å². The maximum absolute atomic E-state index is 8.36. The van der Waals surface area contributed by atoms with E-state index in [0.717, 1.165) is 19.4 Å². The SMILES string of the molecule is CCCNC(CC)C(N)=NO. The number of nitrogens with zero attached hydrogens (tertiary/aromatic N) is 1. The normalized spacial score (nSPS) is 14.9. The first-order chi connectivity index (χ1) is 5.26. The van der Waals surface area contributed by atoms with Gasteiger partial charge in [-0.15, -0.1) is 0 Å². The molecule has 0 aromatic heterocycles. The summed E-state index contributed by atoms with van der Waals surface area (Å²) < 4.78 is 0. The van der Waals surface area contributed by atoms with Crippen LogP contribution in [0, 0.1) is 0 Å². The Labute approximate surface area is 67.5 Å².